The van der Waals surface area contributed by atoms with Gasteiger partial charge in [-0.2, -0.15) is 0 Å². The smallest absolute Gasteiger partial charge is 0.251 e. The van der Waals surface area contributed by atoms with Crippen LogP contribution < -0.4 is 10.1 Å². The van der Waals surface area contributed by atoms with E-state index in [-0.39, 0.29) is 5.91 Å². The SMILES string of the molecule is COc1cccc(CNC(=O)c2ccc(CCl)cc2)c1. The Morgan fingerprint density at radius 1 is 1.15 bits per heavy atom. The number of carbonyl (C=O) groups excluding carboxylic acids is 1. The molecule has 3 nitrogen and oxygen atoms in total. The van der Waals surface area contributed by atoms with Crippen molar-refractivity contribution in [3.63, 3.8) is 0 Å². The highest BCUT2D eigenvalue weighted by Gasteiger charge is 2.05. The molecule has 20 heavy (non-hydrogen) atoms. The number of alkyl halides is 1. The van der Waals surface area contributed by atoms with Crippen molar-refractivity contribution in [1.29, 1.82) is 0 Å². The van der Waals surface area contributed by atoms with E-state index in [4.69, 9.17) is 16.3 Å². The third-order valence-electron chi connectivity index (χ3n) is 2.96. The molecule has 4 heteroatoms. The number of hydrogen-bond acceptors (Lipinski definition) is 2. The van der Waals surface area contributed by atoms with E-state index in [9.17, 15) is 4.79 Å². The summed E-state index contributed by atoms with van der Waals surface area (Å²) >= 11 is 5.72. The van der Waals surface area contributed by atoms with Crippen LogP contribution in [0.1, 0.15) is 21.5 Å². The van der Waals surface area contributed by atoms with Crippen LogP contribution in [0.15, 0.2) is 48.5 Å². The van der Waals surface area contributed by atoms with Gasteiger partial charge in [-0.1, -0.05) is 24.3 Å². The van der Waals surface area contributed by atoms with Crippen LogP contribution in [0.2, 0.25) is 0 Å². The van der Waals surface area contributed by atoms with Gasteiger partial charge in [0.25, 0.3) is 5.91 Å². The lowest BCUT2D eigenvalue weighted by Crippen LogP contribution is -2.22. The highest BCUT2D eigenvalue weighted by molar-refractivity contribution is 6.17. The fraction of sp³-hybridized carbons (Fsp3) is 0.188. The Bertz CT molecular complexity index is 581. The molecular weight excluding hydrogens is 274 g/mol. The van der Waals surface area contributed by atoms with Gasteiger partial charge in [0, 0.05) is 18.0 Å². The second-order valence-electron chi connectivity index (χ2n) is 4.36. The molecule has 0 atom stereocenters. The summed E-state index contributed by atoms with van der Waals surface area (Å²) in [6.45, 7) is 0.466. The molecule has 1 N–H and O–H groups in total. The van der Waals surface area contributed by atoms with E-state index in [0.717, 1.165) is 16.9 Å². The fourth-order valence-electron chi connectivity index (χ4n) is 1.81. The van der Waals surface area contributed by atoms with Gasteiger partial charge in [-0.05, 0) is 35.4 Å². The predicted octanol–water partition coefficient (Wildman–Crippen LogP) is 3.36. The molecule has 2 aromatic carbocycles. The molecule has 0 bridgehead atoms. The number of halogens is 1. The van der Waals surface area contributed by atoms with Crippen LogP contribution in [0.5, 0.6) is 5.75 Å². The number of amides is 1. The maximum Gasteiger partial charge on any atom is 0.251 e. The number of ether oxygens (including phenoxy) is 1. The quantitative estimate of drug-likeness (QED) is 0.857. The zero-order valence-electron chi connectivity index (χ0n) is 11.2. The molecule has 0 saturated heterocycles. The van der Waals surface area contributed by atoms with Gasteiger partial charge in [0.1, 0.15) is 5.75 Å². The van der Waals surface area contributed by atoms with Crippen LogP contribution in [0.4, 0.5) is 0 Å². The molecule has 0 saturated carbocycles. The highest BCUT2D eigenvalue weighted by Crippen LogP contribution is 2.12. The Labute approximate surface area is 123 Å². The fourth-order valence-corrected chi connectivity index (χ4v) is 1.99. The first-order valence-corrected chi connectivity index (χ1v) is 6.82. The zero-order chi connectivity index (χ0) is 14.4. The minimum Gasteiger partial charge on any atom is -0.497 e. The molecule has 2 rings (SSSR count). The van der Waals surface area contributed by atoms with Gasteiger partial charge in [0.15, 0.2) is 0 Å². The average Bonchev–Trinajstić information content (AvgIpc) is 2.53. The van der Waals surface area contributed by atoms with Crippen LogP contribution in [-0.4, -0.2) is 13.0 Å². The van der Waals surface area contributed by atoms with E-state index in [2.05, 4.69) is 5.32 Å². The van der Waals surface area contributed by atoms with Crippen molar-refractivity contribution in [1.82, 2.24) is 5.32 Å². The molecule has 104 valence electrons. The van der Waals surface area contributed by atoms with Crippen LogP contribution in [0.3, 0.4) is 0 Å². The van der Waals surface area contributed by atoms with E-state index < -0.39 is 0 Å². The van der Waals surface area contributed by atoms with Crippen molar-refractivity contribution in [3.05, 3.63) is 65.2 Å². The Hall–Kier alpha value is -2.00. The maximum absolute atomic E-state index is 12.0. The third kappa shape index (κ3) is 3.75. The molecule has 0 aliphatic rings. The normalized spacial score (nSPS) is 10.1. The number of carbonyl (C=O) groups is 1. The first-order chi connectivity index (χ1) is 9.72. The molecule has 0 spiro atoms. The average molecular weight is 290 g/mol. The minimum atomic E-state index is -0.103. The van der Waals surface area contributed by atoms with Crippen molar-refractivity contribution in [3.8, 4) is 5.75 Å². The topological polar surface area (TPSA) is 38.3 Å². The molecule has 0 aliphatic carbocycles. The van der Waals surface area contributed by atoms with Gasteiger partial charge >= 0.3 is 0 Å². The minimum absolute atomic E-state index is 0.103. The third-order valence-corrected chi connectivity index (χ3v) is 3.27. The van der Waals surface area contributed by atoms with E-state index in [1.807, 2.05) is 36.4 Å². The number of methoxy groups -OCH3 is 1. The molecule has 2 aromatic rings. The summed E-state index contributed by atoms with van der Waals surface area (Å²) in [5, 5.41) is 2.88. The summed E-state index contributed by atoms with van der Waals surface area (Å²) in [6, 6.07) is 14.9. The summed E-state index contributed by atoms with van der Waals surface area (Å²) in [5.41, 5.74) is 2.62. The lowest BCUT2D eigenvalue weighted by atomic mass is 10.1. The van der Waals surface area contributed by atoms with Crippen molar-refractivity contribution < 1.29 is 9.53 Å². The van der Waals surface area contributed by atoms with Crippen LogP contribution >= 0.6 is 11.6 Å². The molecule has 0 aliphatic heterocycles. The summed E-state index contributed by atoms with van der Waals surface area (Å²) in [4.78, 5) is 12.0. The van der Waals surface area contributed by atoms with Crippen molar-refractivity contribution in [2.24, 2.45) is 0 Å². The molecule has 0 heterocycles. The van der Waals surface area contributed by atoms with Crippen LogP contribution in [-0.2, 0) is 12.4 Å². The summed E-state index contributed by atoms with van der Waals surface area (Å²) in [7, 11) is 1.62. The lowest BCUT2D eigenvalue weighted by molar-refractivity contribution is 0.0951. The molecule has 1 amide bonds. The summed E-state index contributed by atoms with van der Waals surface area (Å²) < 4.78 is 5.15. The second-order valence-corrected chi connectivity index (χ2v) is 4.63. The van der Waals surface area contributed by atoms with Crippen molar-refractivity contribution in [2.75, 3.05) is 7.11 Å². The highest BCUT2D eigenvalue weighted by atomic mass is 35.5. The molecule has 0 fully saturated rings. The largest absolute Gasteiger partial charge is 0.497 e. The van der Waals surface area contributed by atoms with E-state index >= 15 is 0 Å². The molecule has 0 radical (unpaired) electrons. The van der Waals surface area contributed by atoms with Gasteiger partial charge in [0.2, 0.25) is 0 Å². The standard InChI is InChI=1S/C16H16ClNO2/c1-20-15-4-2-3-13(9-15)11-18-16(19)14-7-5-12(10-17)6-8-14/h2-9H,10-11H2,1H3,(H,18,19). The van der Waals surface area contributed by atoms with Gasteiger partial charge < -0.3 is 10.1 Å². The Kier molecular flexibility index (Phi) is 5.02. The Balaban J connectivity index is 1.97. The van der Waals surface area contributed by atoms with Gasteiger partial charge in [-0.3, -0.25) is 4.79 Å². The number of benzene rings is 2. The first-order valence-electron chi connectivity index (χ1n) is 6.29. The number of nitrogens with one attached hydrogen (secondary N) is 1. The van der Waals surface area contributed by atoms with Crippen molar-refractivity contribution >= 4 is 17.5 Å². The van der Waals surface area contributed by atoms with Crippen LogP contribution in [0.25, 0.3) is 0 Å². The van der Waals surface area contributed by atoms with Gasteiger partial charge in [-0.15, -0.1) is 11.6 Å². The second kappa shape index (κ2) is 6.96. The Morgan fingerprint density at radius 2 is 1.90 bits per heavy atom. The van der Waals surface area contributed by atoms with Crippen molar-refractivity contribution in [2.45, 2.75) is 12.4 Å². The van der Waals surface area contributed by atoms with E-state index in [1.165, 1.54) is 0 Å². The molecule has 0 aromatic heterocycles. The van der Waals surface area contributed by atoms with E-state index in [1.54, 1.807) is 19.2 Å². The molecular formula is C16H16ClNO2. The Morgan fingerprint density at radius 3 is 2.55 bits per heavy atom. The first kappa shape index (κ1) is 14.4. The lowest BCUT2D eigenvalue weighted by Gasteiger charge is -2.07. The van der Waals surface area contributed by atoms with Crippen LogP contribution in [0, 0.1) is 0 Å². The predicted molar refractivity (Wildman–Crippen MR) is 80.2 cm³/mol. The summed E-state index contributed by atoms with van der Waals surface area (Å²) in [5.74, 6) is 1.13. The number of hydrogen-bond donors (Lipinski definition) is 1. The van der Waals surface area contributed by atoms with Gasteiger partial charge in [0.05, 0.1) is 7.11 Å². The van der Waals surface area contributed by atoms with E-state index in [0.29, 0.717) is 18.0 Å². The monoisotopic (exact) mass is 289 g/mol. The van der Waals surface area contributed by atoms with Gasteiger partial charge in [-0.25, -0.2) is 0 Å². The molecule has 0 unspecified atom stereocenters. The zero-order valence-corrected chi connectivity index (χ0v) is 12.0. The summed E-state index contributed by atoms with van der Waals surface area (Å²) in [6.07, 6.45) is 0. The number of rotatable bonds is 5. The maximum atomic E-state index is 12.0.